The van der Waals surface area contributed by atoms with Crippen molar-refractivity contribution in [2.75, 3.05) is 11.9 Å². The number of anilines is 2. The first kappa shape index (κ1) is 17.0. The predicted molar refractivity (Wildman–Crippen MR) is 104 cm³/mol. The molecule has 0 radical (unpaired) electrons. The zero-order valence-corrected chi connectivity index (χ0v) is 16.4. The minimum atomic E-state index is 0.399. The summed E-state index contributed by atoms with van der Waals surface area (Å²) in [6.07, 6.45) is 4.21. The molecule has 0 amide bonds. The molecule has 4 aromatic rings. The van der Waals surface area contributed by atoms with E-state index < -0.39 is 0 Å². The van der Waals surface area contributed by atoms with Crippen LogP contribution in [-0.4, -0.2) is 45.9 Å². The van der Waals surface area contributed by atoms with Crippen molar-refractivity contribution in [3.8, 4) is 11.6 Å². The van der Waals surface area contributed by atoms with Crippen LogP contribution in [0.5, 0.6) is 5.88 Å². The van der Waals surface area contributed by atoms with Gasteiger partial charge in [0.15, 0.2) is 10.8 Å². The lowest BCUT2D eigenvalue weighted by molar-refractivity contribution is 0.288. The van der Waals surface area contributed by atoms with Crippen LogP contribution in [-0.2, 0) is 13.6 Å². The average molecular weight is 400 g/mol. The number of nitrogens with one attached hydrogen (secondary N) is 1. The van der Waals surface area contributed by atoms with Crippen LogP contribution in [0.25, 0.3) is 16.7 Å². The minimum absolute atomic E-state index is 0.399. The molecule has 0 atom stereocenters. The average Bonchev–Trinajstić information content (AvgIpc) is 3.28. The fraction of sp³-hybridized carbons (Fsp3) is 0.353. The molecule has 144 valence electrons. The van der Waals surface area contributed by atoms with Gasteiger partial charge in [0.05, 0.1) is 29.6 Å². The smallest absolute Gasteiger partial charge is 0.257 e. The Labute approximate surface area is 165 Å². The lowest BCUT2D eigenvalue weighted by atomic mass is 10.3. The van der Waals surface area contributed by atoms with Crippen LogP contribution in [0.4, 0.5) is 11.6 Å². The van der Waals surface area contributed by atoms with Gasteiger partial charge < -0.3 is 10.1 Å². The summed E-state index contributed by atoms with van der Waals surface area (Å²) in [6.45, 7) is 5.08. The van der Waals surface area contributed by atoms with Gasteiger partial charge in [-0.15, -0.1) is 5.10 Å². The molecule has 0 aromatic carbocycles. The Morgan fingerprint density at radius 2 is 2.04 bits per heavy atom. The molecule has 11 heteroatoms. The molecule has 1 N–H and O–H groups in total. The normalized spacial score (nSPS) is 13.9. The van der Waals surface area contributed by atoms with Crippen molar-refractivity contribution in [3.63, 3.8) is 0 Å². The summed E-state index contributed by atoms with van der Waals surface area (Å²) in [6, 6.07) is 0. The molecule has 0 saturated heterocycles. The minimum Gasteiger partial charge on any atom is -0.475 e. The summed E-state index contributed by atoms with van der Waals surface area (Å²) < 4.78 is 11.4. The Bertz CT molecular complexity index is 1210. The molecule has 0 aliphatic carbocycles. The highest BCUT2D eigenvalue weighted by molar-refractivity contribution is 6.34. The van der Waals surface area contributed by atoms with Gasteiger partial charge in [-0.2, -0.15) is 15.2 Å². The van der Waals surface area contributed by atoms with Crippen LogP contribution in [0, 0.1) is 13.8 Å². The van der Waals surface area contributed by atoms with E-state index in [4.69, 9.17) is 16.3 Å². The van der Waals surface area contributed by atoms with Crippen LogP contribution in [0.2, 0.25) is 5.15 Å². The molecule has 5 rings (SSSR count). The number of fused-ring (bicyclic) bond motifs is 2. The molecule has 5 heterocycles. The Morgan fingerprint density at radius 3 is 2.82 bits per heavy atom. The molecule has 10 nitrogen and oxygen atoms in total. The van der Waals surface area contributed by atoms with Gasteiger partial charge in [-0.05, 0) is 13.8 Å². The first-order valence-corrected chi connectivity index (χ1v) is 9.28. The molecular formula is C17H18ClN9O. The van der Waals surface area contributed by atoms with Crippen LogP contribution < -0.4 is 10.1 Å². The Kier molecular flexibility index (Phi) is 3.76. The highest BCUT2D eigenvalue weighted by Gasteiger charge is 2.22. The number of aryl methyl sites for hydroxylation is 2. The Balaban J connectivity index is 1.65. The molecule has 0 fully saturated rings. The largest absolute Gasteiger partial charge is 0.475 e. The van der Waals surface area contributed by atoms with E-state index in [2.05, 4.69) is 30.6 Å². The molecule has 4 aromatic heterocycles. The van der Waals surface area contributed by atoms with E-state index in [-0.39, 0.29) is 0 Å². The number of halogens is 1. The van der Waals surface area contributed by atoms with Crippen LogP contribution in [0.1, 0.15) is 17.8 Å². The molecular weight excluding hydrogens is 382 g/mol. The van der Waals surface area contributed by atoms with E-state index >= 15 is 0 Å². The van der Waals surface area contributed by atoms with Gasteiger partial charge in [0.2, 0.25) is 5.95 Å². The maximum atomic E-state index is 6.21. The molecule has 0 saturated carbocycles. The van der Waals surface area contributed by atoms with Crippen molar-refractivity contribution in [3.05, 3.63) is 28.9 Å². The third kappa shape index (κ3) is 2.52. The number of rotatable bonds is 1. The van der Waals surface area contributed by atoms with E-state index in [1.54, 1.807) is 17.1 Å². The van der Waals surface area contributed by atoms with E-state index in [1.807, 2.05) is 30.3 Å². The zero-order chi connectivity index (χ0) is 19.4. The van der Waals surface area contributed by atoms with E-state index in [9.17, 15) is 0 Å². The second-order valence-corrected chi connectivity index (χ2v) is 7.05. The summed E-state index contributed by atoms with van der Waals surface area (Å²) in [5, 5.41) is 17.7. The Hall–Kier alpha value is -3.14. The van der Waals surface area contributed by atoms with Gasteiger partial charge in [-0.3, -0.25) is 4.68 Å². The molecule has 0 spiro atoms. The zero-order valence-electron chi connectivity index (χ0n) is 15.6. The highest BCUT2D eigenvalue weighted by atomic mass is 35.5. The number of nitrogens with zero attached hydrogens (tertiary/aromatic N) is 8. The van der Waals surface area contributed by atoms with Crippen LogP contribution in [0.15, 0.2) is 12.4 Å². The van der Waals surface area contributed by atoms with Crippen LogP contribution >= 0.6 is 11.6 Å². The van der Waals surface area contributed by atoms with Crippen molar-refractivity contribution in [1.29, 1.82) is 0 Å². The second kappa shape index (κ2) is 6.20. The van der Waals surface area contributed by atoms with Gasteiger partial charge in [0.25, 0.3) is 5.88 Å². The third-order valence-corrected chi connectivity index (χ3v) is 5.23. The van der Waals surface area contributed by atoms with Crippen molar-refractivity contribution in [2.45, 2.75) is 26.8 Å². The fourth-order valence-corrected chi connectivity index (χ4v) is 3.51. The molecule has 28 heavy (non-hydrogen) atoms. The lowest BCUT2D eigenvalue weighted by Crippen LogP contribution is -2.07. The predicted octanol–water partition coefficient (Wildman–Crippen LogP) is 2.54. The summed E-state index contributed by atoms with van der Waals surface area (Å²) in [4.78, 5) is 8.99. The first-order chi connectivity index (χ1) is 13.5. The van der Waals surface area contributed by atoms with Gasteiger partial charge in [0, 0.05) is 26.2 Å². The SMILES string of the molecule is Cc1c(-n2nc3c(c2C)Nc2ncc4c(Cl)nn(c4n2)CCCO3)cnn1C. The van der Waals surface area contributed by atoms with Crippen molar-refractivity contribution < 1.29 is 4.74 Å². The van der Waals surface area contributed by atoms with Crippen LogP contribution in [0.3, 0.4) is 0 Å². The summed E-state index contributed by atoms with van der Waals surface area (Å²) in [5.41, 5.74) is 4.19. The fourth-order valence-electron chi connectivity index (χ4n) is 3.28. The number of hydrogen-bond acceptors (Lipinski definition) is 7. The summed E-state index contributed by atoms with van der Waals surface area (Å²) in [5.74, 6) is 0.935. The lowest BCUT2D eigenvalue weighted by Gasteiger charge is -2.07. The highest BCUT2D eigenvalue weighted by Crippen LogP contribution is 2.33. The van der Waals surface area contributed by atoms with Gasteiger partial charge in [-0.25, -0.2) is 14.3 Å². The number of aromatic nitrogens is 8. The van der Waals surface area contributed by atoms with Crippen molar-refractivity contribution in [1.82, 2.24) is 39.3 Å². The van der Waals surface area contributed by atoms with Gasteiger partial charge in [0.1, 0.15) is 11.4 Å². The second-order valence-electron chi connectivity index (χ2n) is 6.69. The summed E-state index contributed by atoms with van der Waals surface area (Å²) >= 11 is 6.21. The molecule has 0 unspecified atom stereocenters. The number of hydrogen-bond donors (Lipinski definition) is 1. The molecule has 2 bridgehead atoms. The molecule has 1 aliphatic heterocycles. The van der Waals surface area contributed by atoms with E-state index in [0.717, 1.165) is 34.6 Å². The molecule has 1 aliphatic rings. The van der Waals surface area contributed by atoms with Gasteiger partial charge >= 0.3 is 0 Å². The van der Waals surface area contributed by atoms with Crippen molar-refractivity contribution in [2.24, 2.45) is 7.05 Å². The maximum absolute atomic E-state index is 6.21. The third-order valence-electron chi connectivity index (χ3n) is 4.96. The van der Waals surface area contributed by atoms with E-state index in [0.29, 0.717) is 35.8 Å². The monoisotopic (exact) mass is 399 g/mol. The maximum Gasteiger partial charge on any atom is 0.257 e. The van der Waals surface area contributed by atoms with Gasteiger partial charge in [-0.1, -0.05) is 11.6 Å². The topological polar surface area (TPSA) is 100 Å². The number of ether oxygens (including phenoxy) is 1. The van der Waals surface area contributed by atoms with Crippen molar-refractivity contribution >= 4 is 34.3 Å². The quantitative estimate of drug-likeness (QED) is 0.524. The first-order valence-electron chi connectivity index (χ1n) is 8.90. The van der Waals surface area contributed by atoms with E-state index in [1.165, 1.54) is 0 Å². The standard InChI is InChI=1S/C17H18ClN9O/c1-9-12(8-20-25(9)3)27-10(2)13-16(24-27)28-6-4-5-26-15-11(14(18)23-26)7-19-17(21-13)22-15/h7-8H,4-6H2,1-3H3,(H,19,21,22). The summed E-state index contributed by atoms with van der Waals surface area (Å²) in [7, 11) is 1.90. The Morgan fingerprint density at radius 1 is 1.18 bits per heavy atom.